The number of hydrogen-bond acceptors (Lipinski definition) is 5. The number of nitrogens with one attached hydrogen (secondary N) is 1. The van der Waals surface area contributed by atoms with E-state index in [0.29, 0.717) is 24.2 Å². The summed E-state index contributed by atoms with van der Waals surface area (Å²) in [5.74, 6) is 1.76. The smallest absolute Gasteiger partial charge is 0.317 e. The van der Waals surface area contributed by atoms with Gasteiger partial charge in [-0.3, -0.25) is 0 Å². The molecule has 1 unspecified atom stereocenters. The average molecular weight is 371 g/mol. The highest BCUT2D eigenvalue weighted by Gasteiger charge is 2.24. The molecule has 1 N–H and O–H groups in total. The van der Waals surface area contributed by atoms with Crippen molar-refractivity contribution in [2.24, 2.45) is 5.92 Å². The maximum Gasteiger partial charge on any atom is 0.317 e. The minimum atomic E-state index is -0.0369. The molecule has 0 saturated carbocycles. The van der Waals surface area contributed by atoms with Crippen molar-refractivity contribution >= 4 is 6.03 Å². The second kappa shape index (κ2) is 8.99. The highest BCUT2D eigenvalue weighted by Crippen LogP contribution is 2.20. The van der Waals surface area contributed by atoms with Crippen molar-refractivity contribution in [1.82, 2.24) is 25.3 Å². The molecule has 3 rings (SSSR count). The Hall–Kier alpha value is -2.41. The minimum Gasteiger partial charge on any atom is -0.339 e. The molecule has 1 fully saturated rings. The molecule has 2 heterocycles. The number of carbonyl (C=O) groups excluding carboxylic acids is 1. The summed E-state index contributed by atoms with van der Waals surface area (Å²) in [6, 6.07) is 9.72. The van der Waals surface area contributed by atoms with Gasteiger partial charge in [0.15, 0.2) is 0 Å². The van der Waals surface area contributed by atoms with Gasteiger partial charge in [-0.15, -0.1) is 0 Å². The highest BCUT2D eigenvalue weighted by atomic mass is 16.5. The Labute approximate surface area is 160 Å². The Balaban J connectivity index is 1.46. The molecule has 1 aliphatic heterocycles. The van der Waals surface area contributed by atoms with Crippen molar-refractivity contribution in [3.05, 3.63) is 36.2 Å². The molecule has 1 aromatic carbocycles. The molecule has 146 valence electrons. The standard InChI is InChI=1S/C20H29N5O2/c1-15(19-22-18(23-27-19)17-7-5-4-6-8-17)13-21-20(26)25-11-9-16(10-12-25)14-24(2)3/h4-8,15-16H,9-14H2,1-3H3,(H,21,26). The molecule has 7 heteroatoms. The molecule has 2 amide bonds. The van der Waals surface area contributed by atoms with Crippen LogP contribution < -0.4 is 5.32 Å². The van der Waals surface area contributed by atoms with E-state index in [2.05, 4.69) is 34.5 Å². The first kappa shape index (κ1) is 19.4. The van der Waals surface area contributed by atoms with Gasteiger partial charge in [0.25, 0.3) is 0 Å². The number of likely N-dealkylation sites (tertiary alicyclic amines) is 1. The van der Waals surface area contributed by atoms with Crippen LogP contribution in [-0.2, 0) is 0 Å². The summed E-state index contributed by atoms with van der Waals surface area (Å²) >= 11 is 0. The lowest BCUT2D eigenvalue weighted by atomic mass is 9.97. The van der Waals surface area contributed by atoms with E-state index in [9.17, 15) is 4.79 Å². The van der Waals surface area contributed by atoms with Gasteiger partial charge in [-0.05, 0) is 32.9 Å². The zero-order chi connectivity index (χ0) is 19.2. The molecule has 0 radical (unpaired) electrons. The molecule has 1 saturated heterocycles. The van der Waals surface area contributed by atoms with Crippen molar-refractivity contribution in [1.29, 1.82) is 0 Å². The van der Waals surface area contributed by atoms with Crippen molar-refractivity contribution in [2.45, 2.75) is 25.7 Å². The summed E-state index contributed by atoms with van der Waals surface area (Å²) in [6.07, 6.45) is 2.12. The third kappa shape index (κ3) is 5.29. The van der Waals surface area contributed by atoms with Crippen LogP contribution in [-0.4, -0.2) is 66.2 Å². The van der Waals surface area contributed by atoms with Gasteiger partial charge in [0.1, 0.15) is 0 Å². The number of carbonyl (C=O) groups is 1. The lowest BCUT2D eigenvalue weighted by Crippen LogP contribution is -2.46. The molecule has 1 aliphatic rings. The van der Waals surface area contributed by atoms with Crippen molar-refractivity contribution in [2.75, 3.05) is 40.3 Å². The van der Waals surface area contributed by atoms with E-state index < -0.39 is 0 Å². The molecule has 0 spiro atoms. The van der Waals surface area contributed by atoms with E-state index in [1.165, 1.54) is 0 Å². The van der Waals surface area contributed by atoms with E-state index in [4.69, 9.17) is 4.52 Å². The Kier molecular flexibility index (Phi) is 6.45. The first-order chi connectivity index (χ1) is 13.0. The minimum absolute atomic E-state index is 0.00653. The first-order valence-corrected chi connectivity index (χ1v) is 9.59. The molecular weight excluding hydrogens is 342 g/mol. The SMILES string of the molecule is CC(CNC(=O)N1CCC(CN(C)C)CC1)c1nc(-c2ccccc2)no1. The predicted molar refractivity (Wildman–Crippen MR) is 104 cm³/mol. The van der Waals surface area contributed by atoms with Crippen LogP contribution in [0.1, 0.15) is 31.6 Å². The molecule has 0 bridgehead atoms. The van der Waals surface area contributed by atoms with E-state index in [1.807, 2.05) is 42.2 Å². The second-order valence-electron chi connectivity index (χ2n) is 7.60. The third-order valence-electron chi connectivity index (χ3n) is 4.98. The summed E-state index contributed by atoms with van der Waals surface area (Å²) in [6.45, 7) is 5.18. The van der Waals surface area contributed by atoms with Gasteiger partial charge in [0, 0.05) is 31.7 Å². The van der Waals surface area contributed by atoms with Gasteiger partial charge >= 0.3 is 6.03 Å². The Morgan fingerprint density at radius 3 is 2.67 bits per heavy atom. The third-order valence-corrected chi connectivity index (χ3v) is 4.98. The summed E-state index contributed by atoms with van der Waals surface area (Å²) in [5.41, 5.74) is 0.921. The van der Waals surface area contributed by atoms with E-state index >= 15 is 0 Å². The fourth-order valence-electron chi connectivity index (χ4n) is 3.41. The zero-order valence-corrected chi connectivity index (χ0v) is 16.4. The molecule has 0 aliphatic carbocycles. The van der Waals surface area contributed by atoms with Crippen LogP contribution in [0.25, 0.3) is 11.4 Å². The number of aromatic nitrogens is 2. The number of piperidine rings is 1. The number of amides is 2. The maximum absolute atomic E-state index is 12.4. The molecule has 1 atom stereocenters. The zero-order valence-electron chi connectivity index (χ0n) is 16.4. The molecular formula is C20H29N5O2. The fourth-order valence-corrected chi connectivity index (χ4v) is 3.41. The lowest BCUT2D eigenvalue weighted by molar-refractivity contribution is 0.159. The number of nitrogens with zero attached hydrogens (tertiary/aromatic N) is 4. The summed E-state index contributed by atoms with van der Waals surface area (Å²) in [4.78, 5) is 21.0. The van der Waals surface area contributed by atoms with Crippen molar-refractivity contribution in [3.63, 3.8) is 0 Å². The monoisotopic (exact) mass is 371 g/mol. The Bertz CT molecular complexity index is 723. The van der Waals surface area contributed by atoms with E-state index in [0.717, 1.165) is 38.0 Å². The topological polar surface area (TPSA) is 74.5 Å². The molecule has 27 heavy (non-hydrogen) atoms. The van der Waals surface area contributed by atoms with Gasteiger partial charge in [-0.1, -0.05) is 42.4 Å². The highest BCUT2D eigenvalue weighted by molar-refractivity contribution is 5.74. The largest absolute Gasteiger partial charge is 0.339 e. The van der Waals surface area contributed by atoms with Crippen LogP contribution in [0.15, 0.2) is 34.9 Å². The Morgan fingerprint density at radius 2 is 2.00 bits per heavy atom. The van der Waals surface area contributed by atoms with Gasteiger partial charge < -0.3 is 19.6 Å². The number of benzene rings is 1. The number of urea groups is 1. The summed E-state index contributed by atoms with van der Waals surface area (Å²) in [5, 5.41) is 7.05. The molecule has 7 nitrogen and oxygen atoms in total. The van der Waals surface area contributed by atoms with E-state index in [-0.39, 0.29) is 11.9 Å². The Morgan fingerprint density at radius 1 is 1.30 bits per heavy atom. The van der Waals surface area contributed by atoms with Gasteiger partial charge in [0.05, 0.1) is 5.92 Å². The van der Waals surface area contributed by atoms with Gasteiger partial charge in [0.2, 0.25) is 11.7 Å². The van der Waals surface area contributed by atoms with Gasteiger partial charge in [-0.25, -0.2) is 4.79 Å². The number of rotatable bonds is 6. The fraction of sp³-hybridized carbons (Fsp3) is 0.550. The molecule has 2 aromatic rings. The van der Waals surface area contributed by atoms with Crippen LogP contribution in [0.3, 0.4) is 0 Å². The summed E-state index contributed by atoms with van der Waals surface area (Å²) in [7, 11) is 4.20. The van der Waals surface area contributed by atoms with Crippen LogP contribution >= 0.6 is 0 Å². The molecule has 1 aromatic heterocycles. The van der Waals surface area contributed by atoms with Gasteiger partial charge in [-0.2, -0.15) is 4.98 Å². The van der Waals surface area contributed by atoms with Crippen LogP contribution in [0.2, 0.25) is 0 Å². The average Bonchev–Trinajstić information content (AvgIpc) is 3.17. The summed E-state index contributed by atoms with van der Waals surface area (Å²) < 4.78 is 5.38. The second-order valence-corrected chi connectivity index (χ2v) is 7.60. The van der Waals surface area contributed by atoms with Crippen LogP contribution in [0.4, 0.5) is 4.79 Å². The first-order valence-electron chi connectivity index (χ1n) is 9.59. The van der Waals surface area contributed by atoms with Crippen molar-refractivity contribution in [3.8, 4) is 11.4 Å². The van der Waals surface area contributed by atoms with Crippen LogP contribution in [0.5, 0.6) is 0 Å². The number of hydrogen-bond donors (Lipinski definition) is 1. The van der Waals surface area contributed by atoms with Crippen molar-refractivity contribution < 1.29 is 9.32 Å². The predicted octanol–water partition coefficient (Wildman–Crippen LogP) is 2.82. The quantitative estimate of drug-likeness (QED) is 0.845. The van der Waals surface area contributed by atoms with E-state index in [1.54, 1.807) is 0 Å². The maximum atomic E-state index is 12.4. The lowest BCUT2D eigenvalue weighted by Gasteiger charge is -2.33. The van der Waals surface area contributed by atoms with Crippen LogP contribution in [0, 0.1) is 5.92 Å². The normalized spacial score (nSPS) is 16.5.